The van der Waals surface area contributed by atoms with Crippen LogP contribution in [0.5, 0.6) is 0 Å². The van der Waals surface area contributed by atoms with Crippen LogP contribution in [0.1, 0.15) is 18.4 Å². The van der Waals surface area contributed by atoms with E-state index in [0.29, 0.717) is 18.8 Å². The Balaban J connectivity index is 1.97. The van der Waals surface area contributed by atoms with E-state index in [1.165, 1.54) is 4.31 Å². The van der Waals surface area contributed by atoms with E-state index < -0.39 is 10.0 Å². The Kier molecular flexibility index (Phi) is 4.44. The molecule has 1 heterocycles. The Morgan fingerprint density at radius 2 is 2.05 bits per heavy atom. The molecular weight excluding hydrogens is 264 g/mol. The zero-order valence-electron chi connectivity index (χ0n) is 11.1. The first-order valence-corrected chi connectivity index (χ1v) is 7.98. The van der Waals surface area contributed by atoms with Crippen LogP contribution in [0.15, 0.2) is 24.3 Å². The Morgan fingerprint density at radius 3 is 2.63 bits per heavy atom. The van der Waals surface area contributed by atoms with E-state index >= 15 is 0 Å². The summed E-state index contributed by atoms with van der Waals surface area (Å²) in [6, 6.07) is 7.23. The summed E-state index contributed by atoms with van der Waals surface area (Å²) in [5.74, 6) is 0.0679. The van der Waals surface area contributed by atoms with Gasteiger partial charge in [0.2, 0.25) is 10.0 Å². The van der Waals surface area contributed by atoms with Crippen LogP contribution < -0.4 is 5.73 Å². The molecule has 1 unspecified atom stereocenters. The second kappa shape index (κ2) is 5.90. The van der Waals surface area contributed by atoms with E-state index in [2.05, 4.69) is 0 Å². The Morgan fingerprint density at radius 1 is 1.37 bits per heavy atom. The molecule has 6 heteroatoms. The van der Waals surface area contributed by atoms with Gasteiger partial charge in [0.25, 0.3) is 0 Å². The van der Waals surface area contributed by atoms with Gasteiger partial charge < -0.3 is 10.5 Å². The van der Waals surface area contributed by atoms with E-state index in [4.69, 9.17) is 10.5 Å². The van der Waals surface area contributed by atoms with Gasteiger partial charge in [0.1, 0.15) is 0 Å². The van der Waals surface area contributed by atoms with Crippen molar-refractivity contribution in [1.29, 1.82) is 0 Å². The first-order chi connectivity index (χ1) is 8.97. The average molecular weight is 284 g/mol. The summed E-state index contributed by atoms with van der Waals surface area (Å²) in [6.45, 7) is 1.02. The fraction of sp³-hybridized carbons (Fsp3) is 0.538. The first-order valence-electron chi connectivity index (χ1n) is 6.37. The van der Waals surface area contributed by atoms with Crippen LogP contribution >= 0.6 is 0 Å². The van der Waals surface area contributed by atoms with Crippen LogP contribution in [0, 0.1) is 0 Å². The molecule has 0 saturated carbocycles. The zero-order valence-corrected chi connectivity index (χ0v) is 11.9. The maximum absolute atomic E-state index is 12.2. The number of nitrogen functional groups attached to an aromatic ring is 1. The number of ether oxygens (including phenoxy) is 1. The van der Waals surface area contributed by atoms with Crippen LogP contribution in [0.25, 0.3) is 0 Å². The second-order valence-corrected chi connectivity index (χ2v) is 7.03. The third-order valence-electron chi connectivity index (χ3n) is 3.28. The van der Waals surface area contributed by atoms with Crippen LogP contribution in [-0.4, -0.2) is 38.2 Å². The van der Waals surface area contributed by atoms with Crippen molar-refractivity contribution in [3.63, 3.8) is 0 Å². The first kappa shape index (κ1) is 14.3. The van der Waals surface area contributed by atoms with Gasteiger partial charge in [-0.2, -0.15) is 0 Å². The van der Waals surface area contributed by atoms with Crippen molar-refractivity contribution >= 4 is 15.7 Å². The van der Waals surface area contributed by atoms with Gasteiger partial charge in [0, 0.05) is 25.9 Å². The number of nitrogens with two attached hydrogens (primary N) is 1. The molecule has 106 valence electrons. The molecule has 0 aliphatic carbocycles. The minimum atomic E-state index is -3.27. The molecule has 1 aromatic rings. The second-order valence-electron chi connectivity index (χ2n) is 4.91. The highest BCUT2D eigenvalue weighted by molar-refractivity contribution is 7.89. The van der Waals surface area contributed by atoms with Crippen molar-refractivity contribution in [3.8, 4) is 0 Å². The van der Waals surface area contributed by atoms with Gasteiger partial charge >= 0.3 is 0 Å². The number of sulfonamides is 1. The molecule has 2 N–H and O–H groups in total. The van der Waals surface area contributed by atoms with Gasteiger partial charge in [-0.3, -0.25) is 0 Å². The molecule has 19 heavy (non-hydrogen) atoms. The molecule has 0 radical (unpaired) electrons. The predicted molar refractivity (Wildman–Crippen MR) is 75.1 cm³/mol. The fourth-order valence-corrected chi connectivity index (χ4v) is 3.45. The summed E-state index contributed by atoms with van der Waals surface area (Å²) in [4.78, 5) is 0. The molecule has 5 nitrogen and oxygen atoms in total. The molecule has 2 rings (SSSR count). The lowest BCUT2D eigenvalue weighted by molar-refractivity contribution is 0.126. The van der Waals surface area contributed by atoms with E-state index in [1.54, 1.807) is 19.2 Å². The van der Waals surface area contributed by atoms with E-state index in [-0.39, 0.29) is 11.9 Å². The van der Waals surface area contributed by atoms with Crippen molar-refractivity contribution in [1.82, 2.24) is 4.31 Å². The van der Waals surface area contributed by atoms with Crippen LogP contribution in [0.2, 0.25) is 0 Å². The van der Waals surface area contributed by atoms with Gasteiger partial charge in [0.15, 0.2) is 0 Å². The van der Waals surface area contributed by atoms with Gasteiger partial charge in [-0.1, -0.05) is 12.1 Å². The Hall–Kier alpha value is -1.11. The van der Waals surface area contributed by atoms with Gasteiger partial charge in [-0.25, -0.2) is 12.7 Å². The summed E-state index contributed by atoms with van der Waals surface area (Å²) in [5.41, 5.74) is 7.20. The standard InChI is InChI=1S/C13H20N2O3S/c1-15(9-11-4-6-12(14)7-5-11)19(16,17)10-13-3-2-8-18-13/h4-7,13H,2-3,8-10,14H2,1H3. The maximum atomic E-state index is 12.2. The van der Waals surface area contributed by atoms with Crippen LogP contribution in [-0.2, 0) is 21.3 Å². The van der Waals surface area contributed by atoms with Crippen LogP contribution in [0.3, 0.4) is 0 Å². The summed E-state index contributed by atoms with van der Waals surface area (Å²) >= 11 is 0. The van der Waals surface area contributed by atoms with Crippen molar-refractivity contribution < 1.29 is 13.2 Å². The molecular formula is C13H20N2O3S. The minimum absolute atomic E-state index is 0.0679. The van der Waals surface area contributed by atoms with Gasteiger partial charge in [-0.05, 0) is 30.5 Å². The minimum Gasteiger partial charge on any atom is -0.399 e. The van der Waals surface area contributed by atoms with E-state index in [1.807, 2.05) is 12.1 Å². The highest BCUT2D eigenvalue weighted by Gasteiger charge is 2.26. The third-order valence-corrected chi connectivity index (χ3v) is 5.15. The molecule has 1 atom stereocenters. The van der Waals surface area contributed by atoms with Gasteiger partial charge in [-0.15, -0.1) is 0 Å². The highest BCUT2D eigenvalue weighted by Crippen LogP contribution is 2.17. The number of hydrogen-bond donors (Lipinski definition) is 1. The van der Waals surface area contributed by atoms with Crippen molar-refractivity contribution in [3.05, 3.63) is 29.8 Å². The lowest BCUT2D eigenvalue weighted by Crippen LogP contribution is -2.33. The molecule has 1 aliphatic heterocycles. The van der Waals surface area contributed by atoms with E-state index in [0.717, 1.165) is 18.4 Å². The number of anilines is 1. The molecule has 0 spiro atoms. The zero-order chi connectivity index (χ0) is 13.9. The number of hydrogen-bond acceptors (Lipinski definition) is 4. The molecule has 0 aromatic heterocycles. The van der Waals surface area contributed by atoms with Crippen molar-refractivity contribution in [2.45, 2.75) is 25.5 Å². The summed E-state index contributed by atoms with van der Waals surface area (Å²) < 4.78 is 31.1. The topological polar surface area (TPSA) is 72.6 Å². The highest BCUT2D eigenvalue weighted by atomic mass is 32.2. The summed E-state index contributed by atoms with van der Waals surface area (Å²) in [6.07, 6.45) is 1.62. The lowest BCUT2D eigenvalue weighted by Gasteiger charge is -2.19. The lowest BCUT2D eigenvalue weighted by atomic mass is 10.2. The summed E-state index contributed by atoms with van der Waals surface area (Å²) in [5, 5.41) is 0. The third kappa shape index (κ3) is 3.92. The fourth-order valence-electron chi connectivity index (χ4n) is 2.12. The molecule has 0 amide bonds. The van der Waals surface area contributed by atoms with Crippen LogP contribution in [0.4, 0.5) is 5.69 Å². The SMILES string of the molecule is CN(Cc1ccc(N)cc1)S(=O)(=O)CC1CCCO1. The normalized spacial score (nSPS) is 20.0. The number of benzene rings is 1. The Bertz CT molecular complexity index is 507. The predicted octanol–water partition coefficient (Wildman–Crippen LogP) is 1.21. The largest absolute Gasteiger partial charge is 0.399 e. The Labute approximate surface area is 114 Å². The van der Waals surface area contributed by atoms with Gasteiger partial charge in [0.05, 0.1) is 11.9 Å². The monoisotopic (exact) mass is 284 g/mol. The summed E-state index contributed by atoms with van der Waals surface area (Å²) in [7, 11) is -1.68. The van der Waals surface area contributed by atoms with E-state index in [9.17, 15) is 8.42 Å². The molecule has 1 aromatic carbocycles. The van der Waals surface area contributed by atoms with Crippen molar-refractivity contribution in [2.24, 2.45) is 0 Å². The molecule has 1 aliphatic rings. The number of nitrogens with zero attached hydrogens (tertiary/aromatic N) is 1. The quantitative estimate of drug-likeness (QED) is 0.825. The molecule has 1 saturated heterocycles. The maximum Gasteiger partial charge on any atom is 0.216 e. The smallest absolute Gasteiger partial charge is 0.216 e. The molecule has 1 fully saturated rings. The van der Waals surface area contributed by atoms with Crippen molar-refractivity contribution in [2.75, 3.05) is 25.1 Å². The molecule has 0 bridgehead atoms. The number of rotatable bonds is 5. The average Bonchev–Trinajstić information content (AvgIpc) is 2.84.